The highest BCUT2D eigenvalue weighted by Crippen LogP contribution is 2.77. The highest BCUT2D eigenvalue weighted by Gasteiger charge is 2.70. The van der Waals surface area contributed by atoms with Gasteiger partial charge in [-0.25, -0.2) is 5.01 Å². The smallest absolute Gasteiger partial charge is 0.306 e. The van der Waals surface area contributed by atoms with E-state index in [-0.39, 0.29) is 39.6 Å². The monoisotopic (exact) mass is 786 g/mol. The number of rotatable bonds is 8. The number of esters is 1. The number of halogens is 2. The summed E-state index contributed by atoms with van der Waals surface area (Å²) in [7, 11) is 0. The van der Waals surface area contributed by atoms with Crippen LogP contribution in [0.5, 0.6) is 0 Å². The first-order chi connectivity index (χ1) is 26.1. The predicted octanol–water partition coefficient (Wildman–Crippen LogP) is 12.0. The SMILES string of the molecule is CC1(C)[C@@H](OC(=O)CCc2ccc(Cl)cc2)CC[C@]2(C)[C@H]3CC[C@@H]4[C@H]5[C@H](C6C=NN(C(=O)CCc7ccc(Cl)cc7)C6)CC[C@]5(C)CC[C@@]4(C)[C@]3(C)CC[C@@H]12. The van der Waals surface area contributed by atoms with Crippen molar-refractivity contribution in [2.45, 2.75) is 138 Å². The van der Waals surface area contributed by atoms with Gasteiger partial charge in [-0.05, 0) is 164 Å². The molecule has 0 N–H and O–H groups in total. The summed E-state index contributed by atoms with van der Waals surface area (Å²) in [6, 6.07) is 15.6. The fourth-order valence-electron chi connectivity index (χ4n) is 14.7. The highest BCUT2D eigenvalue weighted by molar-refractivity contribution is 6.30. The molecule has 7 heteroatoms. The van der Waals surface area contributed by atoms with Crippen molar-refractivity contribution in [2.24, 2.45) is 67.7 Å². The van der Waals surface area contributed by atoms with Gasteiger partial charge in [0.05, 0.1) is 6.54 Å². The third-order valence-electron chi connectivity index (χ3n) is 17.8. The van der Waals surface area contributed by atoms with Gasteiger partial charge in [0.25, 0.3) is 0 Å². The van der Waals surface area contributed by atoms with Crippen LogP contribution in [0, 0.1) is 62.6 Å². The summed E-state index contributed by atoms with van der Waals surface area (Å²) in [5.41, 5.74) is 3.36. The molecule has 2 aromatic carbocycles. The van der Waals surface area contributed by atoms with Gasteiger partial charge >= 0.3 is 5.97 Å². The van der Waals surface area contributed by atoms with Crippen LogP contribution in [0.25, 0.3) is 0 Å². The maximum absolute atomic E-state index is 13.4. The maximum atomic E-state index is 13.4. The third-order valence-corrected chi connectivity index (χ3v) is 18.3. The molecule has 1 amide bonds. The molecule has 5 fully saturated rings. The standard InChI is InChI=1S/C48H64Cl2N2O3/c1-44(2)38-22-26-48(6)39(46(38,4)25-23-40(44)55-42(54)20-12-32-9-15-35(50)16-10-32)18-17-37-43-36(21-24-45(43,3)27-28-47(37,48)5)33-29-51-52(30-33)41(53)19-11-31-7-13-34(49)14-8-31/h7-10,13-16,29,33,36-40,43H,11-12,17-28,30H2,1-6H3/t33?,36-,37+,38-,39+,40-,43+,45+,46-,47+,48+/m0/s1. The Kier molecular flexibility index (Phi) is 10.4. The number of hydrazone groups is 1. The Hall–Kier alpha value is -2.37. The van der Waals surface area contributed by atoms with E-state index in [4.69, 9.17) is 33.0 Å². The van der Waals surface area contributed by atoms with E-state index in [1.807, 2.05) is 48.5 Å². The Balaban J connectivity index is 0.946. The number of ether oxygens (including phenoxy) is 1. The van der Waals surface area contributed by atoms with Crippen molar-refractivity contribution in [2.75, 3.05) is 6.54 Å². The molecule has 55 heavy (non-hydrogen) atoms. The van der Waals surface area contributed by atoms with Crippen molar-refractivity contribution >= 4 is 41.3 Å². The molecule has 0 saturated heterocycles. The molecule has 0 aromatic heterocycles. The van der Waals surface area contributed by atoms with Crippen LogP contribution in [0.4, 0.5) is 0 Å². The van der Waals surface area contributed by atoms with Gasteiger partial charge in [0.15, 0.2) is 0 Å². The summed E-state index contributed by atoms with van der Waals surface area (Å²) in [5, 5.41) is 8.00. The van der Waals surface area contributed by atoms with Crippen LogP contribution in [0.3, 0.4) is 0 Å². The summed E-state index contributed by atoms with van der Waals surface area (Å²) >= 11 is 12.2. The van der Waals surface area contributed by atoms with Crippen molar-refractivity contribution in [3.8, 4) is 0 Å². The normalized spacial score (nSPS) is 40.1. The topological polar surface area (TPSA) is 59.0 Å². The lowest BCUT2D eigenvalue weighted by Crippen LogP contribution is -2.66. The number of carbonyl (C=O) groups excluding carboxylic acids is 2. The number of hydrogen-bond acceptors (Lipinski definition) is 4. The Bertz CT molecular complexity index is 1790. The van der Waals surface area contributed by atoms with Gasteiger partial charge < -0.3 is 4.74 Å². The molecule has 0 spiro atoms. The molecule has 1 heterocycles. The molecule has 298 valence electrons. The lowest BCUT2D eigenvalue weighted by Gasteiger charge is -2.73. The Morgan fingerprint density at radius 3 is 2.05 bits per heavy atom. The van der Waals surface area contributed by atoms with Gasteiger partial charge in [-0.15, -0.1) is 0 Å². The first-order valence-corrected chi connectivity index (χ1v) is 22.4. The Labute approximate surface area is 340 Å². The van der Waals surface area contributed by atoms with Gasteiger partial charge in [-0.1, -0.05) is 89.0 Å². The molecular weight excluding hydrogens is 723 g/mol. The molecular formula is C48H64Cl2N2O3. The number of fused-ring (bicyclic) bond motifs is 7. The number of nitrogens with zero attached hydrogens (tertiary/aromatic N) is 2. The van der Waals surface area contributed by atoms with E-state index in [1.54, 1.807) is 5.01 Å². The van der Waals surface area contributed by atoms with E-state index >= 15 is 0 Å². The zero-order valence-electron chi connectivity index (χ0n) is 34.2. The molecule has 0 bridgehead atoms. The number of hydrogen-bond donors (Lipinski definition) is 0. The van der Waals surface area contributed by atoms with Crippen LogP contribution >= 0.6 is 23.2 Å². The van der Waals surface area contributed by atoms with E-state index in [1.165, 1.54) is 51.4 Å². The molecule has 1 unspecified atom stereocenters. The number of aryl methyl sites for hydroxylation is 2. The second-order valence-corrected chi connectivity index (χ2v) is 21.4. The zero-order valence-corrected chi connectivity index (χ0v) is 35.7. The van der Waals surface area contributed by atoms with Gasteiger partial charge in [-0.3, -0.25) is 9.59 Å². The van der Waals surface area contributed by atoms with E-state index in [2.05, 4.69) is 47.8 Å². The molecule has 11 atom stereocenters. The average Bonchev–Trinajstić information content (AvgIpc) is 3.78. The lowest BCUT2D eigenvalue weighted by molar-refractivity contribution is -0.250. The maximum Gasteiger partial charge on any atom is 0.306 e. The van der Waals surface area contributed by atoms with E-state index in [0.29, 0.717) is 66.6 Å². The molecule has 5 saturated carbocycles. The summed E-state index contributed by atoms with van der Waals surface area (Å²) in [6.45, 7) is 16.2. The first-order valence-electron chi connectivity index (χ1n) is 21.6. The highest BCUT2D eigenvalue weighted by atomic mass is 35.5. The number of carbonyl (C=O) groups is 2. The van der Waals surface area contributed by atoms with Crippen molar-refractivity contribution < 1.29 is 14.3 Å². The molecule has 1 aliphatic heterocycles. The average molecular weight is 788 g/mol. The van der Waals surface area contributed by atoms with Crippen LogP contribution in [0.15, 0.2) is 53.6 Å². The number of benzene rings is 2. The van der Waals surface area contributed by atoms with Crippen molar-refractivity contribution in [3.63, 3.8) is 0 Å². The first kappa shape index (κ1) is 39.5. The largest absolute Gasteiger partial charge is 0.462 e. The molecule has 5 nitrogen and oxygen atoms in total. The van der Waals surface area contributed by atoms with E-state index in [9.17, 15) is 9.59 Å². The van der Waals surface area contributed by atoms with Crippen molar-refractivity contribution in [1.29, 1.82) is 0 Å². The molecule has 8 rings (SSSR count). The Morgan fingerprint density at radius 2 is 1.38 bits per heavy atom. The fourth-order valence-corrected chi connectivity index (χ4v) is 14.9. The Morgan fingerprint density at radius 1 is 0.727 bits per heavy atom. The van der Waals surface area contributed by atoms with Gasteiger partial charge in [-0.2, -0.15) is 5.10 Å². The van der Waals surface area contributed by atoms with Crippen LogP contribution in [-0.2, 0) is 27.2 Å². The summed E-state index contributed by atoms with van der Waals surface area (Å²) < 4.78 is 6.39. The summed E-state index contributed by atoms with van der Waals surface area (Å²) in [5.74, 6) is 3.58. The minimum absolute atomic E-state index is 0.0360. The van der Waals surface area contributed by atoms with Crippen molar-refractivity contribution in [1.82, 2.24) is 5.01 Å². The number of amides is 1. The summed E-state index contributed by atoms with van der Waals surface area (Å²) in [6.07, 6.45) is 16.8. The molecule has 6 aliphatic rings. The second-order valence-electron chi connectivity index (χ2n) is 20.5. The van der Waals surface area contributed by atoms with Crippen LogP contribution in [-0.4, -0.2) is 35.7 Å². The fraction of sp³-hybridized carbons (Fsp3) is 0.688. The van der Waals surface area contributed by atoms with Gasteiger partial charge in [0, 0.05) is 40.4 Å². The minimum atomic E-state index is -0.0700. The summed E-state index contributed by atoms with van der Waals surface area (Å²) in [4.78, 5) is 26.6. The predicted molar refractivity (Wildman–Crippen MR) is 223 cm³/mol. The lowest BCUT2D eigenvalue weighted by atomic mass is 9.32. The van der Waals surface area contributed by atoms with Crippen LogP contribution in [0.1, 0.15) is 130 Å². The third kappa shape index (κ3) is 6.71. The second kappa shape index (κ2) is 14.5. The van der Waals surface area contributed by atoms with Crippen LogP contribution < -0.4 is 0 Å². The van der Waals surface area contributed by atoms with E-state index < -0.39 is 0 Å². The van der Waals surface area contributed by atoms with Crippen molar-refractivity contribution in [3.05, 3.63) is 69.7 Å². The van der Waals surface area contributed by atoms with Gasteiger partial charge in [0.1, 0.15) is 6.10 Å². The quantitative estimate of drug-likeness (QED) is 0.250. The van der Waals surface area contributed by atoms with E-state index in [0.717, 1.165) is 40.6 Å². The minimum Gasteiger partial charge on any atom is -0.462 e. The molecule has 2 aromatic rings. The molecule has 5 aliphatic carbocycles. The zero-order chi connectivity index (χ0) is 39.0. The molecule has 0 radical (unpaired) electrons. The van der Waals surface area contributed by atoms with Gasteiger partial charge in [0.2, 0.25) is 5.91 Å². The van der Waals surface area contributed by atoms with Crippen LogP contribution in [0.2, 0.25) is 10.0 Å².